The summed E-state index contributed by atoms with van der Waals surface area (Å²) in [6.07, 6.45) is 2.04. The predicted octanol–water partition coefficient (Wildman–Crippen LogP) is 0.473. The van der Waals surface area contributed by atoms with Gasteiger partial charge in [-0.05, 0) is 25.8 Å². The van der Waals surface area contributed by atoms with Crippen molar-refractivity contribution in [3.63, 3.8) is 0 Å². The molecule has 0 saturated carbocycles. The summed E-state index contributed by atoms with van der Waals surface area (Å²) in [5, 5.41) is 2.99. The molecule has 1 aliphatic rings. The minimum absolute atomic E-state index is 0.269. The zero-order valence-electron chi connectivity index (χ0n) is 10.7. The maximum atomic E-state index is 11.9. The van der Waals surface area contributed by atoms with Crippen LogP contribution in [-0.4, -0.2) is 46.0 Å². The quantitative estimate of drug-likeness (QED) is 0.656. The largest absolute Gasteiger partial charge is 0.381 e. The van der Waals surface area contributed by atoms with Crippen LogP contribution < -0.4 is 10.0 Å². The molecule has 6 heteroatoms. The van der Waals surface area contributed by atoms with Crippen LogP contribution in [-0.2, 0) is 14.8 Å². The summed E-state index contributed by atoms with van der Waals surface area (Å²) in [6, 6.07) is 0.446. The van der Waals surface area contributed by atoms with Crippen molar-refractivity contribution in [3.8, 4) is 0 Å². The molecular formula is C11H24N2O3S. The Morgan fingerprint density at radius 3 is 2.47 bits per heavy atom. The molecule has 1 saturated heterocycles. The highest BCUT2D eigenvalue weighted by Crippen LogP contribution is 2.14. The molecule has 0 atom stereocenters. The van der Waals surface area contributed by atoms with E-state index in [4.69, 9.17) is 4.74 Å². The van der Waals surface area contributed by atoms with Crippen LogP contribution in [0.15, 0.2) is 0 Å². The summed E-state index contributed by atoms with van der Waals surface area (Å²) in [5.41, 5.74) is 0. The molecule has 0 aromatic heterocycles. The molecule has 5 nitrogen and oxygen atoms in total. The first-order chi connectivity index (χ1) is 8.02. The van der Waals surface area contributed by atoms with Crippen molar-refractivity contribution in [3.05, 3.63) is 0 Å². The van der Waals surface area contributed by atoms with Crippen molar-refractivity contribution >= 4 is 10.0 Å². The Morgan fingerprint density at radius 2 is 1.88 bits per heavy atom. The molecule has 17 heavy (non-hydrogen) atoms. The average Bonchev–Trinajstić information content (AvgIpc) is 2.29. The molecule has 0 amide bonds. The number of hydrogen-bond donors (Lipinski definition) is 2. The number of hydrogen-bond acceptors (Lipinski definition) is 4. The molecule has 0 aromatic carbocycles. The summed E-state index contributed by atoms with van der Waals surface area (Å²) in [7, 11) is -3.14. The standard InChI is InChI=1S/C11H24N2O3S/c1-10(2)12-6-3-7-13-17(14,15)11-4-8-16-9-5-11/h10-13H,3-9H2,1-2H3. The van der Waals surface area contributed by atoms with Gasteiger partial charge in [-0.25, -0.2) is 13.1 Å². The van der Waals surface area contributed by atoms with E-state index in [2.05, 4.69) is 23.9 Å². The van der Waals surface area contributed by atoms with Crippen molar-refractivity contribution < 1.29 is 13.2 Å². The highest BCUT2D eigenvalue weighted by Gasteiger charge is 2.26. The topological polar surface area (TPSA) is 67.4 Å². The fourth-order valence-electron chi connectivity index (χ4n) is 1.80. The molecule has 1 rings (SSSR count). The summed E-state index contributed by atoms with van der Waals surface area (Å²) in [5.74, 6) is 0. The van der Waals surface area contributed by atoms with E-state index in [1.165, 1.54) is 0 Å². The Morgan fingerprint density at radius 1 is 1.24 bits per heavy atom. The van der Waals surface area contributed by atoms with Crippen LogP contribution in [0.3, 0.4) is 0 Å². The lowest BCUT2D eigenvalue weighted by molar-refractivity contribution is 0.0981. The lowest BCUT2D eigenvalue weighted by Gasteiger charge is -2.22. The molecule has 1 heterocycles. The second kappa shape index (κ2) is 7.31. The highest BCUT2D eigenvalue weighted by atomic mass is 32.2. The van der Waals surface area contributed by atoms with Crippen LogP contribution in [0.25, 0.3) is 0 Å². The summed E-state index contributed by atoms with van der Waals surface area (Å²) >= 11 is 0. The van der Waals surface area contributed by atoms with Crippen LogP contribution >= 0.6 is 0 Å². The number of sulfonamides is 1. The first kappa shape index (κ1) is 14.9. The molecule has 1 aliphatic heterocycles. The molecule has 0 radical (unpaired) electrons. The van der Waals surface area contributed by atoms with Gasteiger partial charge in [-0.1, -0.05) is 13.8 Å². The first-order valence-electron chi connectivity index (χ1n) is 6.32. The van der Waals surface area contributed by atoms with Gasteiger partial charge in [-0.15, -0.1) is 0 Å². The van der Waals surface area contributed by atoms with E-state index >= 15 is 0 Å². The summed E-state index contributed by atoms with van der Waals surface area (Å²) in [4.78, 5) is 0. The van der Waals surface area contributed by atoms with E-state index < -0.39 is 10.0 Å². The second-order valence-corrected chi connectivity index (χ2v) is 6.76. The van der Waals surface area contributed by atoms with E-state index in [1.807, 2.05) is 0 Å². The third-order valence-electron chi connectivity index (χ3n) is 2.82. The molecular weight excluding hydrogens is 240 g/mol. The zero-order valence-corrected chi connectivity index (χ0v) is 11.6. The SMILES string of the molecule is CC(C)NCCCNS(=O)(=O)C1CCOCC1. The molecule has 0 spiro atoms. The number of nitrogens with one attached hydrogen (secondary N) is 2. The van der Waals surface area contributed by atoms with E-state index in [0.29, 0.717) is 38.6 Å². The Hall–Kier alpha value is -0.170. The number of rotatable bonds is 7. The second-order valence-electron chi connectivity index (χ2n) is 4.71. The van der Waals surface area contributed by atoms with Gasteiger partial charge < -0.3 is 10.1 Å². The lowest BCUT2D eigenvalue weighted by atomic mass is 10.2. The van der Waals surface area contributed by atoms with Gasteiger partial charge in [0.15, 0.2) is 0 Å². The van der Waals surface area contributed by atoms with Crippen molar-refractivity contribution in [1.82, 2.24) is 10.0 Å². The van der Waals surface area contributed by atoms with E-state index in [0.717, 1.165) is 13.0 Å². The van der Waals surface area contributed by atoms with Gasteiger partial charge in [0.1, 0.15) is 0 Å². The van der Waals surface area contributed by atoms with Crippen LogP contribution in [0.5, 0.6) is 0 Å². The zero-order chi connectivity index (χ0) is 12.7. The molecule has 102 valence electrons. The maximum Gasteiger partial charge on any atom is 0.214 e. The van der Waals surface area contributed by atoms with Crippen molar-refractivity contribution in [1.29, 1.82) is 0 Å². The molecule has 0 unspecified atom stereocenters. The van der Waals surface area contributed by atoms with Crippen molar-refractivity contribution in [2.45, 2.75) is 44.4 Å². The average molecular weight is 264 g/mol. The van der Waals surface area contributed by atoms with Crippen molar-refractivity contribution in [2.75, 3.05) is 26.3 Å². The molecule has 2 N–H and O–H groups in total. The molecule has 0 bridgehead atoms. The molecule has 1 fully saturated rings. The predicted molar refractivity (Wildman–Crippen MR) is 68.5 cm³/mol. The van der Waals surface area contributed by atoms with Crippen LogP contribution in [0.4, 0.5) is 0 Å². The third-order valence-corrected chi connectivity index (χ3v) is 4.77. The lowest BCUT2D eigenvalue weighted by Crippen LogP contribution is -2.39. The van der Waals surface area contributed by atoms with Crippen molar-refractivity contribution in [2.24, 2.45) is 0 Å². The van der Waals surface area contributed by atoms with Gasteiger partial charge in [0.25, 0.3) is 0 Å². The highest BCUT2D eigenvalue weighted by molar-refractivity contribution is 7.90. The van der Waals surface area contributed by atoms with Gasteiger partial charge in [0, 0.05) is 25.8 Å². The van der Waals surface area contributed by atoms with Gasteiger partial charge in [0.2, 0.25) is 10.0 Å². The smallest absolute Gasteiger partial charge is 0.214 e. The maximum absolute atomic E-state index is 11.9. The Balaban J connectivity index is 2.20. The minimum Gasteiger partial charge on any atom is -0.381 e. The third kappa shape index (κ3) is 5.81. The minimum atomic E-state index is -3.14. The van der Waals surface area contributed by atoms with E-state index in [9.17, 15) is 8.42 Å². The summed E-state index contributed by atoms with van der Waals surface area (Å²) < 4.78 is 31.6. The number of ether oxygens (including phenoxy) is 1. The van der Waals surface area contributed by atoms with E-state index in [1.54, 1.807) is 0 Å². The Bertz CT molecular complexity index is 298. The summed E-state index contributed by atoms with van der Waals surface area (Å²) in [6.45, 7) is 6.62. The fraction of sp³-hybridized carbons (Fsp3) is 1.00. The van der Waals surface area contributed by atoms with Crippen LogP contribution in [0.1, 0.15) is 33.1 Å². The van der Waals surface area contributed by atoms with E-state index in [-0.39, 0.29) is 5.25 Å². The van der Waals surface area contributed by atoms with Gasteiger partial charge in [-0.2, -0.15) is 0 Å². The Kier molecular flexibility index (Phi) is 6.40. The normalized spacial score (nSPS) is 18.8. The van der Waals surface area contributed by atoms with Crippen LogP contribution in [0, 0.1) is 0 Å². The van der Waals surface area contributed by atoms with Gasteiger partial charge >= 0.3 is 0 Å². The van der Waals surface area contributed by atoms with Crippen LogP contribution in [0.2, 0.25) is 0 Å². The Labute approximate surface area is 104 Å². The monoisotopic (exact) mass is 264 g/mol. The fourth-order valence-corrected chi connectivity index (χ4v) is 3.28. The molecule has 0 aliphatic carbocycles. The first-order valence-corrected chi connectivity index (χ1v) is 7.86. The van der Waals surface area contributed by atoms with Gasteiger partial charge in [-0.3, -0.25) is 0 Å². The van der Waals surface area contributed by atoms with Gasteiger partial charge in [0.05, 0.1) is 5.25 Å². The molecule has 0 aromatic rings.